The lowest BCUT2D eigenvalue weighted by Gasteiger charge is -2.15. The van der Waals surface area contributed by atoms with E-state index >= 15 is 0 Å². The molecule has 0 radical (unpaired) electrons. The predicted octanol–water partition coefficient (Wildman–Crippen LogP) is 1.94. The van der Waals surface area contributed by atoms with E-state index in [0.717, 1.165) is 5.56 Å². The second-order valence-corrected chi connectivity index (χ2v) is 6.80. The summed E-state index contributed by atoms with van der Waals surface area (Å²) in [6.45, 7) is 0.809. The van der Waals surface area contributed by atoms with Gasteiger partial charge < -0.3 is 0 Å². The van der Waals surface area contributed by atoms with Crippen molar-refractivity contribution in [3.05, 3.63) is 48.3 Å². The molecule has 5 nitrogen and oxygen atoms in total. The number of hydrogen-bond acceptors (Lipinski definition) is 3. The molecule has 0 fully saturated rings. The minimum absolute atomic E-state index is 0.182. The van der Waals surface area contributed by atoms with Crippen molar-refractivity contribution in [3.8, 4) is 0 Å². The molecule has 20 heavy (non-hydrogen) atoms. The summed E-state index contributed by atoms with van der Waals surface area (Å²) in [6.07, 6.45) is 2.85. The summed E-state index contributed by atoms with van der Waals surface area (Å²) < 4.78 is 27.6. The summed E-state index contributed by atoms with van der Waals surface area (Å²) >= 11 is 5.61. The quantitative estimate of drug-likeness (QED) is 0.766. The summed E-state index contributed by atoms with van der Waals surface area (Å²) in [6, 6.07) is 9.45. The van der Waals surface area contributed by atoms with E-state index in [9.17, 15) is 8.42 Å². The van der Waals surface area contributed by atoms with Crippen LogP contribution in [0.1, 0.15) is 5.56 Å². The van der Waals surface area contributed by atoms with Crippen LogP contribution in [0.15, 0.2) is 47.6 Å². The Morgan fingerprint density at radius 3 is 2.65 bits per heavy atom. The first-order valence-electron chi connectivity index (χ1n) is 6.12. The predicted molar refractivity (Wildman–Crippen MR) is 78.0 cm³/mol. The Morgan fingerprint density at radius 1 is 1.30 bits per heavy atom. The maximum atomic E-state index is 12.4. The molecule has 0 atom stereocenters. The van der Waals surface area contributed by atoms with E-state index in [-0.39, 0.29) is 4.90 Å². The van der Waals surface area contributed by atoms with Crippen LogP contribution < -0.4 is 0 Å². The Kier molecular flexibility index (Phi) is 4.80. The maximum absolute atomic E-state index is 12.4. The third kappa shape index (κ3) is 3.39. The molecule has 0 saturated carbocycles. The summed E-state index contributed by atoms with van der Waals surface area (Å²) in [5, 5.41) is 3.99. The lowest BCUT2D eigenvalue weighted by atomic mass is 10.2. The molecular formula is C13H16ClN3O2S. The summed E-state index contributed by atoms with van der Waals surface area (Å²) in [7, 11) is -1.97. The zero-order valence-electron chi connectivity index (χ0n) is 11.1. The van der Waals surface area contributed by atoms with Crippen molar-refractivity contribution < 1.29 is 8.42 Å². The molecule has 108 valence electrons. The number of hydrogen-bond donors (Lipinski definition) is 0. The van der Waals surface area contributed by atoms with Crippen LogP contribution in [0.2, 0.25) is 0 Å². The van der Waals surface area contributed by atoms with Gasteiger partial charge in [0.2, 0.25) is 10.0 Å². The summed E-state index contributed by atoms with van der Waals surface area (Å²) in [5.41, 5.74) is 0.937. The molecular weight excluding hydrogens is 298 g/mol. The number of aryl methyl sites for hydroxylation is 1. The first-order valence-corrected chi connectivity index (χ1v) is 8.10. The van der Waals surface area contributed by atoms with Crippen molar-refractivity contribution in [3.63, 3.8) is 0 Å². The topological polar surface area (TPSA) is 55.2 Å². The molecule has 1 heterocycles. The first kappa shape index (κ1) is 15.0. The molecule has 1 aromatic heterocycles. The number of rotatable bonds is 6. The zero-order valence-corrected chi connectivity index (χ0v) is 12.7. The second kappa shape index (κ2) is 6.39. The standard InChI is InChI=1S/C13H16ClN3O2S/c1-16(10-12-5-3-2-4-6-12)20(18,19)13-9-15-17(11-13)8-7-14/h2-6,9,11H,7-8,10H2,1H3. The van der Waals surface area contributed by atoms with Crippen molar-refractivity contribution in [2.45, 2.75) is 18.0 Å². The Labute approximate surface area is 123 Å². The largest absolute Gasteiger partial charge is 0.270 e. The highest BCUT2D eigenvalue weighted by Crippen LogP contribution is 2.16. The van der Waals surface area contributed by atoms with Crippen LogP contribution in [0.3, 0.4) is 0 Å². The molecule has 2 rings (SSSR count). The fraction of sp³-hybridized carbons (Fsp3) is 0.308. The zero-order chi connectivity index (χ0) is 14.6. The first-order chi connectivity index (χ1) is 9.54. The van der Waals surface area contributed by atoms with Gasteiger partial charge in [-0.15, -0.1) is 11.6 Å². The van der Waals surface area contributed by atoms with Gasteiger partial charge in [-0.3, -0.25) is 4.68 Å². The molecule has 0 spiro atoms. The van der Waals surface area contributed by atoms with E-state index in [0.29, 0.717) is 19.0 Å². The van der Waals surface area contributed by atoms with Crippen molar-refractivity contribution >= 4 is 21.6 Å². The minimum Gasteiger partial charge on any atom is -0.270 e. The Balaban J connectivity index is 2.16. The number of halogens is 1. The van der Waals surface area contributed by atoms with Gasteiger partial charge in [0.05, 0.1) is 12.7 Å². The lowest BCUT2D eigenvalue weighted by molar-refractivity contribution is 0.466. The summed E-state index contributed by atoms with van der Waals surface area (Å²) in [4.78, 5) is 0.182. The molecule has 0 unspecified atom stereocenters. The van der Waals surface area contributed by atoms with Gasteiger partial charge in [0.15, 0.2) is 0 Å². The number of sulfonamides is 1. The monoisotopic (exact) mass is 313 g/mol. The molecule has 0 N–H and O–H groups in total. The molecule has 7 heteroatoms. The van der Waals surface area contributed by atoms with Crippen LogP contribution in [0.5, 0.6) is 0 Å². The third-order valence-electron chi connectivity index (χ3n) is 2.88. The van der Waals surface area contributed by atoms with Gasteiger partial charge in [-0.1, -0.05) is 30.3 Å². The van der Waals surface area contributed by atoms with E-state index < -0.39 is 10.0 Å². The minimum atomic E-state index is -3.53. The fourth-order valence-electron chi connectivity index (χ4n) is 1.79. The third-order valence-corrected chi connectivity index (χ3v) is 4.80. The number of nitrogens with zero attached hydrogens (tertiary/aromatic N) is 3. The van der Waals surface area contributed by atoms with Crippen LogP contribution >= 0.6 is 11.6 Å². The van der Waals surface area contributed by atoms with E-state index in [2.05, 4.69) is 5.10 Å². The molecule has 1 aromatic carbocycles. The van der Waals surface area contributed by atoms with Crippen LogP contribution in [0.4, 0.5) is 0 Å². The van der Waals surface area contributed by atoms with Gasteiger partial charge in [0.25, 0.3) is 0 Å². The number of benzene rings is 1. The number of aromatic nitrogens is 2. The van der Waals surface area contributed by atoms with Gasteiger partial charge in [-0.25, -0.2) is 8.42 Å². The molecule has 2 aromatic rings. The van der Waals surface area contributed by atoms with Gasteiger partial charge in [0, 0.05) is 25.7 Å². The van der Waals surface area contributed by atoms with E-state index in [1.165, 1.54) is 21.4 Å². The average molecular weight is 314 g/mol. The van der Waals surface area contributed by atoms with Crippen molar-refractivity contribution in [2.24, 2.45) is 0 Å². The van der Waals surface area contributed by atoms with E-state index in [4.69, 9.17) is 11.6 Å². The molecule has 0 bridgehead atoms. The van der Waals surface area contributed by atoms with Crippen molar-refractivity contribution in [1.29, 1.82) is 0 Å². The molecule has 0 aliphatic heterocycles. The normalized spacial score (nSPS) is 11.9. The second-order valence-electron chi connectivity index (χ2n) is 4.37. The van der Waals surface area contributed by atoms with Crippen LogP contribution in [-0.2, 0) is 23.1 Å². The van der Waals surface area contributed by atoms with Gasteiger partial charge >= 0.3 is 0 Å². The lowest BCUT2D eigenvalue weighted by Crippen LogP contribution is -2.26. The van der Waals surface area contributed by atoms with Crippen molar-refractivity contribution in [1.82, 2.24) is 14.1 Å². The Morgan fingerprint density at radius 2 is 2.00 bits per heavy atom. The molecule has 0 aliphatic rings. The highest BCUT2D eigenvalue weighted by molar-refractivity contribution is 7.89. The van der Waals surface area contributed by atoms with E-state index in [1.54, 1.807) is 7.05 Å². The summed E-state index contributed by atoms with van der Waals surface area (Å²) in [5.74, 6) is 0.390. The van der Waals surface area contributed by atoms with Crippen LogP contribution in [0.25, 0.3) is 0 Å². The average Bonchev–Trinajstić information content (AvgIpc) is 2.89. The van der Waals surface area contributed by atoms with Gasteiger partial charge in [0.1, 0.15) is 4.90 Å². The highest BCUT2D eigenvalue weighted by Gasteiger charge is 2.22. The Bertz CT molecular complexity index is 655. The number of alkyl halides is 1. The van der Waals surface area contributed by atoms with Gasteiger partial charge in [-0.05, 0) is 5.56 Å². The van der Waals surface area contributed by atoms with Crippen molar-refractivity contribution in [2.75, 3.05) is 12.9 Å². The highest BCUT2D eigenvalue weighted by atomic mass is 35.5. The Hall–Kier alpha value is -1.37. The smallest absolute Gasteiger partial charge is 0.246 e. The van der Waals surface area contributed by atoms with Crippen LogP contribution in [-0.4, -0.2) is 35.4 Å². The molecule has 0 aliphatic carbocycles. The molecule has 0 amide bonds. The molecule has 0 saturated heterocycles. The van der Waals surface area contributed by atoms with Crippen LogP contribution in [0, 0.1) is 0 Å². The van der Waals surface area contributed by atoms with Gasteiger partial charge in [-0.2, -0.15) is 9.40 Å². The SMILES string of the molecule is CN(Cc1ccccc1)S(=O)(=O)c1cnn(CCCl)c1. The van der Waals surface area contributed by atoms with E-state index in [1.807, 2.05) is 30.3 Å². The fourth-order valence-corrected chi connectivity index (χ4v) is 3.08. The maximum Gasteiger partial charge on any atom is 0.246 e.